The molecule has 0 aliphatic rings. The van der Waals surface area contributed by atoms with Crippen LogP contribution >= 0.6 is 23.2 Å². The molecule has 6 heteroatoms. The van der Waals surface area contributed by atoms with Gasteiger partial charge in [-0.2, -0.15) is 0 Å². The van der Waals surface area contributed by atoms with Gasteiger partial charge in [0.1, 0.15) is 0 Å². The summed E-state index contributed by atoms with van der Waals surface area (Å²) in [4.78, 5) is 24.2. The average Bonchev–Trinajstić information content (AvgIpc) is 2.60. The van der Waals surface area contributed by atoms with Crippen molar-refractivity contribution in [3.05, 3.63) is 69.7 Å². The van der Waals surface area contributed by atoms with E-state index in [2.05, 4.69) is 10.6 Å². The van der Waals surface area contributed by atoms with E-state index in [1.54, 1.807) is 18.2 Å². The van der Waals surface area contributed by atoms with Gasteiger partial charge in [0.05, 0.1) is 12.1 Å². The number of rotatable bonds is 7. The van der Waals surface area contributed by atoms with Crippen LogP contribution in [0.25, 0.3) is 0 Å². The molecule has 0 unspecified atom stereocenters. The molecular weight excluding hydrogens is 371 g/mol. The van der Waals surface area contributed by atoms with E-state index < -0.39 is 0 Å². The van der Waals surface area contributed by atoms with Crippen LogP contribution in [0.15, 0.2) is 48.5 Å². The van der Waals surface area contributed by atoms with Crippen molar-refractivity contribution in [1.82, 2.24) is 10.6 Å². The lowest BCUT2D eigenvalue weighted by Crippen LogP contribution is -2.30. The highest BCUT2D eigenvalue weighted by atomic mass is 35.5. The predicted molar refractivity (Wildman–Crippen MR) is 105 cm³/mol. The maximum atomic E-state index is 12.1. The maximum Gasteiger partial charge on any atom is 0.220 e. The monoisotopic (exact) mass is 392 g/mol. The van der Waals surface area contributed by atoms with Crippen LogP contribution in [0.4, 0.5) is 0 Å². The number of hydrogen-bond acceptors (Lipinski definition) is 2. The molecule has 0 radical (unpaired) electrons. The van der Waals surface area contributed by atoms with Gasteiger partial charge in [-0.15, -0.1) is 0 Å². The molecule has 0 aromatic heterocycles. The first kappa shape index (κ1) is 20.3. The van der Waals surface area contributed by atoms with Crippen molar-refractivity contribution in [3.8, 4) is 0 Å². The highest BCUT2D eigenvalue weighted by molar-refractivity contribution is 6.35. The Bertz CT molecular complexity index is 766. The van der Waals surface area contributed by atoms with Crippen LogP contribution in [0.3, 0.4) is 0 Å². The first-order valence-corrected chi connectivity index (χ1v) is 9.21. The molecule has 2 aromatic carbocycles. The van der Waals surface area contributed by atoms with Crippen molar-refractivity contribution < 1.29 is 9.59 Å². The molecule has 0 heterocycles. The van der Waals surface area contributed by atoms with Gasteiger partial charge in [-0.1, -0.05) is 59.6 Å². The quantitative estimate of drug-likeness (QED) is 0.708. The summed E-state index contributed by atoms with van der Waals surface area (Å²) in [7, 11) is 0. The predicted octanol–water partition coefficient (Wildman–Crippen LogP) is 4.83. The molecular formula is C20H22Cl2N2O2. The van der Waals surface area contributed by atoms with E-state index in [0.717, 1.165) is 11.1 Å². The fourth-order valence-corrected chi connectivity index (χ4v) is 3.18. The second kappa shape index (κ2) is 9.60. The van der Waals surface area contributed by atoms with Crippen molar-refractivity contribution in [2.45, 2.75) is 38.8 Å². The lowest BCUT2D eigenvalue weighted by atomic mass is 10.1. The molecule has 2 N–H and O–H groups in total. The molecule has 0 bridgehead atoms. The summed E-state index contributed by atoms with van der Waals surface area (Å²) in [5, 5.41) is 6.79. The number of amides is 2. The molecule has 4 nitrogen and oxygen atoms in total. The number of carbonyl (C=O) groups is 2. The van der Waals surface area contributed by atoms with E-state index >= 15 is 0 Å². The van der Waals surface area contributed by atoms with Crippen LogP contribution in [0.1, 0.15) is 49.9 Å². The minimum Gasteiger partial charge on any atom is -0.350 e. The molecule has 2 aromatic rings. The van der Waals surface area contributed by atoms with Gasteiger partial charge in [0.2, 0.25) is 11.8 Å². The fourth-order valence-electron chi connectivity index (χ4n) is 2.61. The van der Waals surface area contributed by atoms with Crippen molar-refractivity contribution in [2.75, 3.05) is 0 Å². The lowest BCUT2D eigenvalue weighted by Gasteiger charge is -2.17. The molecule has 2 atom stereocenters. The van der Waals surface area contributed by atoms with Gasteiger partial charge >= 0.3 is 0 Å². The van der Waals surface area contributed by atoms with Crippen LogP contribution in [0, 0.1) is 0 Å². The normalized spacial score (nSPS) is 12.9. The molecule has 2 rings (SSSR count). The Morgan fingerprint density at radius 2 is 1.46 bits per heavy atom. The van der Waals surface area contributed by atoms with Gasteiger partial charge in [0, 0.05) is 22.9 Å². The zero-order chi connectivity index (χ0) is 19.1. The zero-order valence-electron chi connectivity index (χ0n) is 14.8. The van der Waals surface area contributed by atoms with E-state index in [1.165, 1.54) is 0 Å². The fraction of sp³-hybridized carbons (Fsp3) is 0.300. The Kier molecular flexibility index (Phi) is 7.49. The van der Waals surface area contributed by atoms with Crippen LogP contribution in [0.2, 0.25) is 10.0 Å². The molecule has 138 valence electrons. The summed E-state index contributed by atoms with van der Waals surface area (Å²) in [6, 6.07) is 14.5. The summed E-state index contributed by atoms with van der Waals surface area (Å²) in [5.41, 5.74) is 1.81. The van der Waals surface area contributed by atoms with Crippen molar-refractivity contribution in [1.29, 1.82) is 0 Å². The van der Waals surface area contributed by atoms with E-state index in [9.17, 15) is 9.59 Å². The highest BCUT2D eigenvalue weighted by Crippen LogP contribution is 2.26. The third-order valence-electron chi connectivity index (χ3n) is 4.06. The Morgan fingerprint density at radius 3 is 2.04 bits per heavy atom. The minimum absolute atomic E-state index is 0.0986. The van der Waals surface area contributed by atoms with E-state index in [4.69, 9.17) is 23.2 Å². The second-order valence-electron chi connectivity index (χ2n) is 6.15. The van der Waals surface area contributed by atoms with Crippen LogP contribution < -0.4 is 10.6 Å². The summed E-state index contributed by atoms with van der Waals surface area (Å²) in [5.74, 6) is -0.361. The number of carbonyl (C=O) groups excluding carboxylic acids is 2. The van der Waals surface area contributed by atoms with Crippen LogP contribution in [-0.2, 0) is 9.59 Å². The summed E-state index contributed by atoms with van der Waals surface area (Å²) in [6.45, 7) is 3.75. The molecule has 0 saturated heterocycles. The first-order chi connectivity index (χ1) is 12.4. The van der Waals surface area contributed by atoms with Crippen molar-refractivity contribution in [2.24, 2.45) is 0 Å². The average molecular weight is 393 g/mol. The Hall–Kier alpha value is -2.04. The highest BCUT2D eigenvalue weighted by Gasteiger charge is 2.15. The van der Waals surface area contributed by atoms with Crippen molar-refractivity contribution in [3.63, 3.8) is 0 Å². The third kappa shape index (κ3) is 6.04. The van der Waals surface area contributed by atoms with E-state index in [0.29, 0.717) is 10.0 Å². The van der Waals surface area contributed by atoms with Gasteiger partial charge in [0.25, 0.3) is 0 Å². The van der Waals surface area contributed by atoms with Crippen LogP contribution in [-0.4, -0.2) is 11.8 Å². The number of benzene rings is 2. The molecule has 26 heavy (non-hydrogen) atoms. The standard InChI is InChI=1S/C20H22Cl2N2O2/c1-13(15-6-4-3-5-7-15)23-19(25)10-11-20(26)24-14(2)17-9-8-16(21)12-18(17)22/h3-9,12-14H,10-11H2,1-2H3,(H,23,25)(H,24,26)/t13-,14-/m0/s1. The van der Waals surface area contributed by atoms with Crippen LogP contribution in [0.5, 0.6) is 0 Å². The molecule has 0 fully saturated rings. The summed E-state index contributed by atoms with van der Waals surface area (Å²) < 4.78 is 0. The number of hydrogen-bond donors (Lipinski definition) is 2. The Labute approximate surface area is 163 Å². The molecule has 2 amide bonds. The van der Waals surface area contributed by atoms with Gasteiger partial charge in [-0.3, -0.25) is 9.59 Å². The Balaban J connectivity index is 1.79. The largest absolute Gasteiger partial charge is 0.350 e. The smallest absolute Gasteiger partial charge is 0.220 e. The summed E-state index contributed by atoms with van der Waals surface area (Å²) >= 11 is 12.0. The van der Waals surface area contributed by atoms with E-state index in [-0.39, 0.29) is 36.7 Å². The van der Waals surface area contributed by atoms with Crippen molar-refractivity contribution >= 4 is 35.0 Å². The van der Waals surface area contributed by atoms with Gasteiger partial charge in [-0.05, 0) is 37.1 Å². The number of halogens is 2. The van der Waals surface area contributed by atoms with Gasteiger partial charge < -0.3 is 10.6 Å². The third-order valence-corrected chi connectivity index (χ3v) is 4.63. The Morgan fingerprint density at radius 1 is 0.885 bits per heavy atom. The molecule has 0 aliphatic heterocycles. The molecule has 0 aliphatic carbocycles. The maximum absolute atomic E-state index is 12.1. The minimum atomic E-state index is -0.265. The topological polar surface area (TPSA) is 58.2 Å². The van der Waals surface area contributed by atoms with Gasteiger partial charge in [-0.25, -0.2) is 0 Å². The zero-order valence-corrected chi connectivity index (χ0v) is 16.3. The van der Waals surface area contributed by atoms with E-state index in [1.807, 2.05) is 44.2 Å². The lowest BCUT2D eigenvalue weighted by molar-refractivity contribution is -0.127. The summed E-state index contributed by atoms with van der Waals surface area (Å²) in [6.07, 6.45) is 0.243. The SMILES string of the molecule is C[C@H](NC(=O)CCC(=O)N[C@@H](C)c1ccc(Cl)cc1Cl)c1ccccc1. The molecule has 0 spiro atoms. The van der Waals surface area contributed by atoms with Gasteiger partial charge in [0.15, 0.2) is 0 Å². The first-order valence-electron chi connectivity index (χ1n) is 8.45. The molecule has 0 saturated carbocycles. The number of nitrogens with one attached hydrogen (secondary N) is 2. The second-order valence-corrected chi connectivity index (χ2v) is 7.00.